The fourth-order valence-electron chi connectivity index (χ4n) is 2.07. The van der Waals surface area contributed by atoms with Gasteiger partial charge >= 0.3 is 11.9 Å². The minimum atomic E-state index is -0.976. The van der Waals surface area contributed by atoms with Crippen LogP contribution in [0.4, 0.5) is 0 Å². The minimum absolute atomic E-state index is 0.243. The average molecular weight is 270 g/mol. The van der Waals surface area contributed by atoms with Crippen LogP contribution in [-0.2, 0) is 11.2 Å². The Labute approximate surface area is 116 Å². The summed E-state index contributed by atoms with van der Waals surface area (Å²) in [6.45, 7) is 0. The summed E-state index contributed by atoms with van der Waals surface area (Å²) in [5, 5.41) is 9.18. The molecular weight excluding hydrogens is 256 g/mol. The molecule has 20 heavy (non-hydrogen) atoms. The van der Waals surface area contributed by atoms with Gasteiger partial charge in [-0.2, -0.15) is 0 Å². The molecule has 0 amide bonds. The van der Waals surface area contributed by atoms with Gasteiger partial charge in [0.15, 0.2) is 0 Å². The third kappa shape index (κ3) is 2.85. The standard InChI is InChI=1S/C16H14O4/c1-20-16(19)14-9-5-3-7-12(14)10-11-6-2-4-8-13(11)15(17)18/h2-9H,10H2,1H3,(H,17,18). The van der Waals surface area contributed by atoms with Gasteiger partial charge in [0.05, 0.1) is 18.2 Å². The highest BCUT2D eigenvalue weighted by Gasteiger charge is 2.14. The summed E-state index contributed by atoms with van der Waals surface area (Å²) in [4.78, 5) is 22.9. The molecule has 2 aromatic carbocycles. The van der Waals surface area contributed by atoms with Gasteiger partial charge in [-0.15, -0.1) is 0 Å². The van der Waals surface area contributed by atoms with Crippen molar-refractivity contribution in [3.05, 3.63) is 70.8 Å². The molecule has 0 fully saturated rings. The molecular formula is C16H14O4. The van der Waals surface area contributed by atoms with Crippen molar-refractivity contribution >= 4 is 11.9 Å². The second-order valence-corrected chi connectivity index (χ2v) is 4.29. The Balaban J connectivity index is 2.41. The lowest BCUT2D eigenvalue weighted by molar-refractivity contribution is 0.0599. The molecule has 0 atom stereocenters. The smallest absolute Gasteiger partial charge is 0.338 e. The van der Waals surface area contributed by atoms with Crippen molar-refractivity contribution < 1.29 is 19.4 Å². The van der Waals surface area contributed by atoms with Crippen molar-refractivity contribution in [1.29, 1.82) is 0 Å². The lowest BCUT2D eigenvalue weighted by atomic mass is 9.96. The van der Waals surface area contributed by atoms with E-state index in [4.69, 9.17) is 4.74 Å². The highest BCUT2D eigenvalue weighted by atomic mass is 16.5. The number of carbonyl (C=O) groups is 2. The first-order valence-electron chi connectivity index (χ1n) is 6.11. The Hall–Kier alpha value is -2.62. The molecule has 0 spiro atoms. The van der Waals surface area contributed by atoms with Crippen molar-refractivity contribution in [1.82, 2.24) is 0 Å². The molecule has 0 aliphatic heterocycles. The Morgan fingerprint density at radius 3 is 2.00 bits per heavy atom. The highest BCUT2D eigenvalue weighted by molar-refractivity contribution is 5.92. The van der Waals surface area contributed by atoms with E-state index in [1.54, 1.807) is 42.5 Å². The van der Waals surface area contributed by atoms with E-state index in [0.29, 0.717) is 17.5 Å². The number of aromatic carboxylic acids is 1. The second kappa shape index (κ2) is 6.02. The molecule has 0 aliphatic carbocycles. The Bertz CT molecular complexity index is 646. The summed E-state index contributed by atoms with van der Waals surface area (Å²) >= 11 is 0. The maximum Gasteiger partial charge on any atom is 0.338 e. The number of carbonyl (C=O) groups excluding carboxylic acids is 1. The molecule has 4 nitrogen and oxygen atoms in total. The highest BCUT2D eigenvalue weighted by Crippen LogP contribution is 2.18. The van der Waals surface area contributed by atoms with Crippen molar-refractivity contribution in [2.24, 2.45) is 0 Å². The molecule has 1 N–H and O–H groups in total. The zero-order chi connectivity index (χ0) is 14.5. The fraction of sp³-hybridized carbons (Fsp3) is 0.125. The Morgan fingerprint density at radius 1 is 0.950 bits per heavy atom. The number of methoxy groups -OCH3 is 1. The normalized spacial score (nSPS) is 10.1. The van der Waals surface area contributed by atoms with Gasteiger partial charge in [0, 0.05) is 0 Å². The Morgan fingerprint density at radius 2 is 1.45 bits per heavy atom. The lowest BCUT2D eigenvalue weighted by Gasteiger charge is -2.09. The van der Waals surface area contributed by atoms with Gasteiger partial charge < -0.3 is 9.84 Å². The maximum atomic E-state index is 11.7. The van der Waals surface area contributed by atoms with Crippen LogP contribution in [0, 0.1) is 0 Å². The van der Waals surface area contributed by atoms with Gasteiger partial charge in [-0.1, -0.05) is 36.4 Å². The lowest BCUT2D eigenvalue weighted by Crippen LogP contribution is -2.08. The number of carboxylic acids is 1. The number of ether oxygens (including phenoxy) is 1. The van der Waals surface area contributed by atoms with E-state index < -0.39 is 11.9 Å². The van der Waals surface area contributed by atoms with E-state index >= 15 is 0 Å². The van der Waals surface area contributed by atoms with Gasteiger partial charge in [-0.25, -0.2) is 9.59 Å². The predicted molar refractivity (Wildman–Crippen MR) is 74.0 cm³/mol. The fourth-order valence-corrected chi connectivity index (χ4v) is 2.07. The molecule has 0 radical (unpaired) electrons. The monoisotopic (exact) mass is 270 g/mol. The predicted octanol–water partition coefficient (Wildman–Crippen LogP) is 2.76. The van der Waals surface area contributed by atoms with E-state index in [0.717, 1.165) is 5.56 Å². The minimum Gasteiger partial charge on any atom is -0.478 e. The van der Waals surface area contributed by atoms with Gasteiger partial charge in [0.2, 0.25) is 0 Å². The topological polar surface area (TPSA) is 63.6 Å². The van der Waals surface area contributed by atoms with Crippen LogP contribution in [0.2, 0.25) is 0 Å². The van der Waals surface area contributed by atoms with E-state index in [-0.39, 0.29) is 5.56 Å². The molecule has 0 heterocycles. The maximum absolute atomic E-state index is 11.7. The van der Waals surface area contributed by atoms with Crippen molar-refractivity contribution in [2.45, 2.75) is 6.42 Å². The number of rotatable bonds is 4. The number of hydrogen-bond acceptors (Lipinski definition) is 3. The van der Waals surface area contributed by atoms with E-state index in [1.165, 1.54) is 7.11 Å². The Kier molecular flexibility index (Phi) is 4.15. The summed E-state index contributed by atoms with van der Waals surface area (Å²) in [5.74, 6) is -1.40. The molecule has 0 bridgehead atoms. The van der Waals surface area contributed by atoms with E-state index in [1.807, 2.05) is 6.07 Å². The molecule has 4 heteroatoms. The van der Waals surface area contributed by atoms with Gasteiger partial charge in [0.1, 0.15) is 0 Å². The molecule has 0 aliphatic rings. The second-order valence-electron chi connectivity index (χ2n) is 4.29. The van der Waals surface area contributed by atoms with E-state index in [9.17, 15) is 14.7 Å². The molecule has 102 valence electrons. The van der Waals surface area contributed by atoms with Crippen LogP contribution in [0.5, 0.6) is 0 Å². The molecule has 0 aromatic heterocycles. The summed E-state index contributed by atoms with van der Waals surface area (Å²) in [7, 11) is 1.32. The zero-order valence-corrected chi connectivity index (χ0v) is 11.0. The van der Waals surface area contributed by atoms with Crippen LogP contribution >= 0.6 is 0 Å². The van der Waals surface area contributed by atoms with Crippen LogP contribution in [0.25, 0.3) is 0 Å². The van der Waals surface area contributed by atoms with Gasteiger partial charge in [-0.05, 0) is 29.7 Å². The average Bonchev–Trinajstić information content (AvgIpc) is 2.47. The molecule has 0 unspecified atom stereocenters. The number of carboxylic acid groups (broad SMARTS) is 1. The van der Waals surface area contributed by atoms with Gasteiger partial charge in [0.25, 0.3) is 0 Å². The van der Waals surface area contributed by atoms with Crippen LogP contribution in [0.15, 0.2) is 48.5 Å². The molecule has 2 aromatic rings. The van der Waals surface area contributed by atoms with Crippen LogP contribution < -0.4 is 0 Å². The van der Waals surface area contributed by atoms with Crippen molar-refractivity contribution in [3.8, 4) is 0 Å². The summed E-state index contributed by atoms with van der Waals surface area (Å²) < 4.78 is 4.74. The summed E-state index contributed by atoms with van der Waals surface area (Å²) in [6, 6.07) is 13.8. The summed E-state index contributed by atoms with van der Waals surface area (Å²) in [6.07, 6.45) is 0.369. The van der Waals surface area contributed by atoms with E-state index in [2.05, 4.69) is 0 Å². The number of hydrogen-bond donors (Lipinski definition) is 1. The van der Waals surface area contributed by atoms with Gasteiger partial charge in [-0.3, -0.25) is 0 Å². The number of esters is 1. The number of benzene rings is 2. The molecule has 2 rings (SSSR count). The van der Waals surface area contributed by atoms with Crippen LogP contribution in [-0.4, -0.2) is 24.2 Å². The first-order valence-corrected chi connectivity index (χ1v) is 6.11. The molecule has 0 saturated heterocycles. The summed E-state index contributed by atoms with van der Waals surface area (Å²) in [5.41, 5.74) is 2.10. The molecule has 0 saturated carbocycles. The third-order valence-corrected chi connectivity index (χ3v) is 3.05. The largest absolute Gasteiger partial charge is 0.478 e. The zero-order valence-electron chi connectivity index (χ0n) is 11.0. The van der Waals surface area contributed by atoms with Crippen LogP contribution in [0.3, 0.4) is 0 Å². The first-order chi connectivity index (χ1) is 9.63. The first kappa shape index (κ1) is 13.8. The SMILES string of the molecule is COC(=O)c1ccccc1Cc1ccccc1C(=O)O. The van der Waals surface area contributed by atoms with Crippen LogP contribution in [0.1, 0.15) is 31.8 Å². The third-order valence-electron chi connectivity index (χ3n) is 3.05. The quantitative estimate of drug-likeness (QED) is 0.868. The van der Waals surface area contributed by atoms with Crippen molar-refractivity contribution in [3.63, 3.8) is 0 Å². The van der Waals surface area contributed by atoms with Crippen molar-refractivity contribution in [2.75, 3.05) is 7.11 Å².